The summed E-state index contributed by atoms with van der Waals surface area (Å²) in [5, 5.41) is 0. The first kappa shape index (κ1) is 12.4. The Bertz CT molecular complexity index is 375. The van der Waals surface area contributed by atoms with Gasteiger partial charge in [-0.2, -0.15) is 0 Å². The fraction of sp³-hybridized carbons (Fsp3) is 0.600. The third kappa shape index (κ3) is 2.63. The highest BCUT2D eigenvalue weighted by Gasteiger charge is 2.25. The van der Waals surface area contributed by atoms with Crippen molar-refractivity contribution in [3.05, 3.63) is 29.8 Å². The van der Waals surface area contributed by atoms with Crippen LogP contribution in [0.4, 0.5) is 5.69 Å². The highest BCUT2D eigenvalue weighted by atomic mass is 16.5. The lowest BCUT2D eigenvalue weighted by molar-refractivity contribution is 0.0284. The lowest BCUT2D eigenvalue weighted by Gasteiger charge is -2.39. The molecule has 0 saturated carbocycles. The molecular formula is C15H23NO. The topological polar surface area (TPSA) is 12.5 Å². The molecule has 1 aliphatic rings. The van der Waals surface area contributed by atoms with Crippen LogP contribution in [0.2, 0.25) is 0 Å². The Morgan fingerprint density at radius 1 is 1.29 bits per heavy atom. The van der Waals surface area contributed by atoms with Gasteiger partial charge in [0.1, 0.15) is 0 Å². The van der Waals surface area contributed by atoms with Gasteiger partial charge < -0.3 is 9.64 Å². The Morgan fingerprint density at radius 3 is 2.76 bits per heavy atom. The van der Waals surface area contributed by atoms with Crippen LogP contribution in [0.3, 0.4) is 0 Å². The molecule has 0 amide bonds. The summed E-state index contributed by atoms with van der Waals surface area (Å²) in [5.41, 5.74) is 2.74. The van der Waals surface area contributed by atoms with Gasteiger partial charge in [-0.1, -0.05) is 26.0 Å². The van der Waals surface area contributed by atoms with Crippen LogP contribution in [0.25, 0.3) is 0 Å². The predicted molar refractivity (Wildman–Crippen MR) is 72.8 cm³/mol. The Balaban J connectivity index is 2.23. The van der Waals surface area contributed by atoms with Crippen molar-refractivity contribution >= 4 is 5.69 Å². The Morgan fingerprint density at radius 2 is 2.06 bits per heavy atom. The highest BCUT2D eigenvalue weighted by Crippen LogP contribution is 2.26. The van der Waals surface area contributed by atoms with Crippen molar-refractivity contribution in [3.8, 4) is 0 Å². The van der Waals surface area contributed by atoms with Crippen LogP contribution in [-0.2, 0) is 4.74 Å². The number of rotatable bonds is 2. The first-order chi connectivity index (χ1) is 8.09. The molecule has 2 nitrogen and oxygen atoms in total. The molecule has 0 spiro atoms. The number of hydrogen-bond donors (Lipinski definition) is 0. The van der Waals surface area contributed by atoms with Gasteiger partial charge in [-0.15, -0.1) is 0 Å². The number of anilines is 1. The molecule has 1 fully saturated rings. The van der Waals surface area contributed by atoms with Crippen molar-refractivity contribution in [3.63, 3.8) is 0 Å². The van der Waals surface area contributed by atoms with Crippen molar-refractivity contribution in [2.24, 2.45) is 0 Å². The quantitative estimate of drug-likeness (QED) is 0.776. The molecule has 0 bridgehead atoms. The second-order valence-corrected chi connectivity index (χ2v) is 5.26. The maximum Gasteiger partial charge on any atom is 0.0748 e. The molecule has 1 aromatic carbocycles. The molecular weight excluding hydrogens is 210 g/mol. The predicted octanol–water partition coefficient (Wildman–Crippen LogP) is 3.42. The number of hydrogen-bond acceptors (Lipinski definition) is 2. The summed E-state index contributed by atoms with van der Waals surface area (Å²) in [6.07, 6.45) is 0.312. The van der Waals surface area contributed by atoms with E-state index in [1.807, 2.05) is 0 Å². The van der Waals surface area contributed by atoms with Crippen LogP contribution < -0.4 is 4.90 Å². The normalized spacial score (nSPS) is 25.4. The van der Waals surface area contributed by atoms with E-state index in [-0.39, 0.29) is 0 Å². The molecule has 0 N–H and O–H groups in total. The Kier molecular flexibility index (Phi) is 3.72. The molecule has 1 aromatic rings. The van der Waals surface area contributed by atoms with Gasteiger partial charge in [-0.05, 0) is 37.5 Å². The molecule has 0 radical (unpaired) electrons. The molecule has 1 heterocycles. The lowest BCUT2D eigenvalue weighted by Crippen LogP contribution is -2.48. The summed E-state index contributed by atoms with van der Waals surface area (Å²) in [6.45, 7) is 10.7. The average molecular weight is 233 g/mol. The summed E-state index contributed by atoms with van der Waals surface area (Å²) >= 11 is 0. The minimum absolute atomic E-state index is 0.312. The van der Waals surface area contributed by atoms with Crippen LogP contribution in [0.5, 0.6) is 0 Å². The number of benzene rings is 1. The summed E-state index contributed by atoms with van der Waals surface area (Å²) < 4.78 is 5.68. The molecule has 0 aromatic heterocycles. The monoisotopic (exact) mass is 233 g/mol. The first-order valence-corrected chi connectivity index (χ1v) is 6.58. The second-order valence-electron chi connectivity index (χ2n) is 5.26. The van der Waals surface area contributed by atoms with Crippen molar-refractivity contribution in [1.82, 2.24) is 0 Å². The van der Waals surface area contributed by atoms with E-state index in [1.165, 1.54) is 11.3 Å². The molecule has 2 atom stereocenters. The van der Waals surface area contributed by atoms with Gasteiger partial charge >= 0.3 is 0 Å². The molecule has 94 valence electrons. The minimum atomic E-state index is 0.312. The zero-order valence-electron chi connectivity index (χ0n) is 11.3. The average Bonchev–Trinajstić information content (AvgIpc) is 2.33. The largest absolute Gasteiger partial charge is 0.375 e. The van der Waals surface area contributed by atoms with Crippen molar-refractivity contribution in [2.75, 3.05) is 18.1 Å². The number of morpholine rings is 1. The van der Waals surface area contributed by atoms with Crippen LogP contribution >= 0.6 is 0 Å². The Labute approximate surface area is 105 Å². The van der Waals surface area contributed by atoms with E-state index in [0.29, 0.717) is 18.1 Å². The van der Waals surface area contributed by atoms with Crippen LogP contribution in [-0.4, -0.2) is 25.3 Å². The number of ether oxygens (including phenoxy) is 1. The maximum atomic E-state index is 5.68. The summed E-state index contributed by atoms with van der Waals surface area (Å²) in [6, 6.07) is 9.35. The van der Waals surface area contributed by atoms with Crippen molar-refractivity contribution < 1.29 is 4.74 Å². The maximum absolute atomic E-state index is 5.68. The summed E-state index contributed by atoms with van der Waals surface area (Å²) in [4.78, 5) is 2.46. The zero-order valence-corrected chi connectivity index (χ0v) is 11.3. The molecule has 1 saturated heterocycles. The number of nitrogens with zero attached hydrogens (tertiary/aromatic N) is 1. The van der Waals surface area contributed by atoms with E-state index in [1.54, 1.807) is 0 Å². The molecule has 1 unspecified atom stereocenters. The zero-order chi connectivity index (χ0) is 12.4. The van der Waals surface area contributed by atoms with E-state index in [9.17, 15) is 0 Å². The van der Waals surface area contributed by atoms with Crippen molar-refractivity contribution in [2.45, 2.75) is 45.8 Å². The molecule has 2 heteroatoms. The smallest absolute Gasteiger partial charge is 0.0748 e. The summed E-state index contributed by atoms with van der Waals surface area (Å²) in [7, 11) is 0. The van der Waals surface area contributed by atoms with E-state index >= 15 is 0 Å². The lowest BCUT2D eigenvalue weighted by atomic mass is 10.0. The van der Waals surface area contributed by atoms with Crippen LogP contribution in [0.15, 0.2) is 24.3 Å². The van der Waals surface area contributed by atoms with E-state index in [0.717, 1.165) is 13.2 Å². The van der Waals surface area contributed by atoms with Gasteiger partial charge in [0.2, 0.25) is 0 Å². The minimum Gasteiger partial charge on any atom is -0.375 e. The molecule has 1 aliphatic heterocycles. The van der Waals surface area contributed by atoms with Crippen molar-refractivity contribution in [1.29, 1.82) is 0 Å². The first-order valence-electron chi connectivity index (χ1n) is 6.58. The molecule has 2 rings (SSSR count). The standard InChI is InChI=1S/C15H23NO/c1-11(2)14-6-5-7-15(10-14)16-8-9-17-13(4)12(16)3/h5-7,10-13H,8-9H2,1-4H3/t12-,13?/m1/s1. The van der Waals surface area contributed by atoms with Crippen LogP contribution in [0.1, 0.15) is 39.2 Å². The highest BCUT2D eigenvalue weighted by molar-refractivity contribution is 5.50. The fourth-order valence-corrected chi connectivity index (χ4v) is 2.36. The van der Waals surface area contributed by atoms with E-state index in [2.05, 4.69) is 56.9 Å². The molecule has 17 heavy (non-hydrogen) atoms. The van der Waals surface area contributed by atoms with Gasteiger partial charge in [-0.3, -0.25) is 0 Å². The summed E-state index contributed by atoms with van der Waals surface area (Å²) in [5.74, 6) is 0.587. The van der Waals surface area contributed by atoms with E-state index < -0.39 is 0 Å². The van der Waals surface area contributed by atoms with Gasteiger partial charge in [-0.25, -0.2) is 0 Å². The van der Waals surface area contributed by atoms with Gasteiger partial charge in [0.25, 0.3) is 0 Å². The van der Waals surface area contributed by atoms with Gasteiger partial charge in [0.05, 0.1) is 18.8 Å². The SMILES string of the molecule is CC(C)c1cccc(N2CCOC(C)[C@H]2C)c1. The molecule has 0 aliphatic carbocycles. The Hall–Kier alpha value is -1.02. The third-order valence-corrected chi connectivity index (χ3v) is 3.75. The van der Waals surface area contributed by atoms with Crippen LogP contribution in [0, 0.1) is 0 Å². The van der Waals surface area contributed by atoms with Gasteiger partial charge in [0.15, 0.2) is 0 Å². The van der Waals surface area contributed by atoms with E-state index in [4.69, 9.17) is 4.74 Å². The van der Waals surface area contributed by atoms with Gasteiger partial charge in [0, 0.05) is 12.2 Å². The second kappa shape index (κ2) is 5.09. The third-order valence-electron chi connectivity index (χ3n) is 3.75. The fourth-order valence-electron chi connectivity index (χ4n) is 2.36.